The summed E-state index contributed by atoms with van der Waals surface area (Å²) in [6.45, 7) is 2.05. The molecule has 2 aromatic heterocycles. The van der Waals surface area contributed by atoms with Gasteiger partial charge in [0.15, 0.2) is 0 Å². The molecule has 4 heteroatoms. The van der Waals surface area contributed by atoms with Crippen LogP contribution in [-0.4, -0.2) is 4.98 Å². The molecule has 1 unspecified atom stereocenters. The fraction of sp³-hybridized carbons (Fsp3) is 0.357. The zero-order valence-electron chi connectivity index (χ0n) is 10.2. The highest BCUT2D eigenvalue weighted by Gasteiger charge is 2.22. The molecule has 2 heterocycles. The minimum atomic E-state index is 0.342. The second kappa shape index (κ2) is 4.76. The van der Waals surface area contributed by atoms with E-state index in [1.54, 1.807) is 6.26 Å². The lowest BCUT2D eigenvalue weighted by atomic mass is 9.93. The number of hydrogen-bond acceptors (Lipinski definition) is 3. The molecule has 1 N–H and O–H groups in total. The summed E-state index contributed by atoms with van der Waals surface area (Å²) >= 11 is 3.42. The van der Waals surface area contributed by atoms with Crippen molar-refractivity contribution in [3.63, 3.8) is 0 Å². The lowest BCUT2D eigenvalue weighted by molar-refractivity contribution is 0.461. The maximum Gasteiger partial charge on any atom is 0.109 e. The molecule has 0 fully saturated rings. The number of halogens is 1. The number of rotatable bonds is 2. The number of nitrogens with one attached hydrogen (secondary N) is 1. The molecule has 94 valence electrons. The fourth-order valence-electron chi connectivity index (χ4n) is 2.47. The van der Waals surface area contributed by atoms with E-state index in [1.165, 1.54) is 12.0 Å². The minimum Gasteiger partial charge on any atom is -0.469 e. The predicted octanol–water partition coefficient (Wildman–Crippen LogP) is 4.24. The van der Waals surface area contributed by atoms with Crippen molar-refractivity contribution in [1.29, 1.82) is 0 Å². The topological polar surface area (TPSA) is 38.1 Å². The molecule has 1 aliphatic rings. The molecular weight excluding hydrogens is 292 g/mol. The summed E-state index contributed by atoms with van der Waals surface area (Å²) in [4.78, 5) is 4.32. The first-order chi connectivity index (χ1) is 8.74. The Bertz CT molecular complexity index is 565. The van der Waals surface area contributed by atoms with Gasteiger partial charge >= 0.3 is 0 Å². The van der Waals surface area contributed by atoms with Gasteiger partial charge in [0.25, 0.3) is 0 Å². The third kappa shape index (κ3) is 2.17. The summed E-state index contributed by atoms with van der Waals surface area (Å²) in [7, 11) is 0. The molecule has 0 radical (unpaired) electrons. The van der Waals surface area contributed by atoms with Crippen molar-refractivity contribution in [2.75, 3.05) is 5.32 Å². The fourth-order valence-corrected chi connectivity index (χ4v) is 2.69. The molecule has 0 saturated heterocycles. The Kier molecular flexibility index (Phi) is 3.12. The first-order valence-corrected chi connectivity index (χ1v) is 6.98. The molecule has 1 atom stereocenters. The van der Waals surface area contributed by atoms with Crippen LogP contribution < -0.4 is 5.32 Å². The summed E-state index contributed by atoms with van der Waals surface area (Å²) in [5, 5.41) is 3.55. The van der Waals surface area contributed by atoms with Gasteiger partial charge in [0, 0.05) is 12.0 Å². The highest BCUT2D eigenvalue weighted by Crippen LogP contribution is 2.33. The number of hydrogen-bond donors (Lipinski definition) is 1. The Balaban J connectivity index is 1.84. The van der Waals surface area contributed by atoms with Crippen LogP contribution in [0.25, 0.3) is 0 Å². The number of aryl methyl sites for hydroxylation is 2. The molecule has 3 rings (SSSR count). The van der Waals surface area contributed by atoms with E-state index in [9.17, 15) is 0 Å². The lowest BCUT2D eigenvalue weighted by Gasteiger charge is -2.23. The second-order valence-electron chi connectivity index (χ2n) is 4.72. The molecule has 18 heavy (non-hydrogen) atoms. The highest BCUT2D eigenvalue weighted by molar-refractivity contribution is 9.10. The minimum absolute atomic E-state index is 0.342. The van der Waals surface area contributed by atoms with Crippen LogP contribution in [0, 0.1) is 6.92 Å². The third-order valence-electron chi connectivity index (χ3n) is 3.41. The van der Waals surface area contributed by atoms with Gasteiger partial charge in [-0.25, -0.2) is 4.98 Å². The van der Waals surface area contributed by atoms with Crippen LogP contribution in [0.4, 0.5) is 5.69 Å². The molecule has 1 aliphatic carbocycles. The SMILES string of the molecule is Cc1cc(NC2CCCc3occc32)cnc1Br. The Morgan fingerprint density at radius 3 is 3.22 bits per heavy atom. The van der Waals surface area contributed by atoms with Crippen LogP contribution in [0.15, 0.2) is 33.6 Å². The summed E-state index contributed by atoms with van der Waals surface area (Å²) in [5.74, 6) is 1.13. The summed E-state index contributed by atoms with van der Waals surface area (Å²) < 4.78 is 6.41. The van der Waals surface area contributed by atoms with Gasteiger partial charge in [0.1, 0.15) is 10.4 Å². The zero-order valence-corrected chi connectivity index (χ0v) is 11.8. The maximum absolute atomic E-state index is 5.50. The van der Waals surface area contributed by atoms with Crippen molar-refractivity contribution in [1.82, 2.24) is 4.98 Å². The van der Waals surface area contributed by atoms with E-state index >= 15 is 0 Å². The number of nitrogens with zero attached hydrogens (tertiary/aromatic N) is 1. The summed E-state index contributed by atoms with van der Waals surface area (Å²) in [6.07, 6.45) is 7.02. The predicted molar refractivity (Wildman–Crippen MR) is 74.7 cm³/mol. The van der Waals surface area contributed by atoms with Gasteiger partial charge in [-0.2, -0.15) is 0 Å². The highest BCUT2D eigenvalue weighted by atomic mass is 79.9. The van der Waals surface area contributed by atoms with Gasteiger partial charge in [-0.3, -0.25) is 0 Å². The lowest BCUT2D eigenvalue weighted by Crippen LogP contribution is -2.16. The molecule has 2 aromatic rings. The van der Waals surface area contributed by atoms with E-state index in [0.717, 1.165) is 34.5 Å². The number of furan rings is 1. The molecule has 0 bridgehead atoms. The molecule has 3 nitrogen and oxygen atoms in total. The van der Waals surface area contributed by atoms with Crippen molar-refractivity contribution < 1.29 is 4.42 Å². The third-order valence-corrected chi connectivity index (χ3v) is 4.24. The average molecular weight is 307 g/mol. The standard InChI is InChI=1S/C14H15BrN2O/c1-9-7-10(8-16-14(9)15)17-12-3-2-4-13-11(12)5-6-18-13/h5-8,12,17H,2-4H2,1H3. The van der Waals surface area contributed by atoms with Crippen LogP contribution in [-0.2, 0) is 6.42 Å². The van der Waals surface area contributed by atoms with E-state index in [2.05, 4.69) is 38.4 Å². The normalized spacial score (nSPS) is 18.4. The molecule has 0 aliphatic heterocycles. The van der Waals surface area contributed by atoms with Crippen molar-refractivity contribution in [2.24, 2.45) is 0 Å². The zero-order chi connectivity index (χ0) is 12.5. The average Bonchev–Trinajstić information content (AvgIpc) is 2.83. The Morgan fingerprint density at radius 1 is 1.50 bits per heavy atom. The maximum atomic E-state index is 5.50. The van der Waals surface area contributed by atoms with Crippen LogP contribution >= 0.6 is 15.9 Å². The van der Waals surface area contributed by atoms with Gasteiger partial charge in [-0.15, -0.1) is 0 Å². The summed E-state index contributed by atoms with van der Waals surface area (Å²) in [6, 6.07) is 4.53. The Morgan fingerprint density at radius 2 is 2.39 bits per heavy atom. The smallest absolute Gasteiger partial charge is 0.109 e. The van der Waals surface area contributed by atoms with E-state index in [0.29, 0.717) is 6.04 Å². The molecule has 0 amide bonds. The van der Waals surface area contributed by atoms with Gasteiger partial charge in [0.05, 0.1) is 24.2 Å². The van der Waals surface area contributed by atoms with E-state index in [4.69, 9.17) is 4.42 Å². The van der Waals surface area contributed by atoms with Crippen molar-refractivity contribution in [2.45, 2.75) is 32.2 Å². The Labute approximate surface area is 115 Å². The van der Waals surface area contributed by atoms with Crippen molar-refractivity contribution in [3.05, 3.63) is 46.1 Å². The quantitative estimate of drug-likeness (QED) is 0.844. The second-order valence-corrected chi connectivity index (χ2v) is 5.47. The first-order valence-electron chi connectivity index (χ1n) is 6.19. The van der Waals surface area contributed by atoms with Crippen LogP contribution in [0.3, 0.4) is 0 Å². The van der Waals surface area contributed by atoms with Crippen molar-refractivity contribution in [3.8, 4) is 0 Å². The van der Waals surface area contributed by atoms with Crippen molar-refractivity contribution >= 4 is 21.6 Å². The molecule has 0 saturated carbocycles. The van der Waals surface area contributed by atoms with E-state index in [-0.39, 0.29) is 0 Å². The van der Waals surface area contributed by atoms with Gasteiger partial charge in [-0.05, 0) is 53.4 Å². The first kappa shape index (κ1) is 11.8. The number of anilines is 1. The van der Waals surface area contributed by atoms with Crippen LogP contribution in [0.1, 0.15) is 35.8 Å². The van der Waals surface area contributed by atoms with Crippen LogP contribution in [0.2, 0.25) is 0 Å². The summed E-state index contributed by atoms with van der Waals surface area (Å²) in [5.41, 5.74) is 3.50. The Hall–Kier alpha value is -1.29. The monoisotopic (exact) mass is 306 g/mol. The largest absolute Gasteiger partial charge is 0.469 e. The van der Waals surface area contributed by atoms with E-state index < -0.39 is 0 Å². The molecular formula is C14H15BrN2O. The van der Waals surface area contributed by atoms with Gasteiger partial charge < -0.3 is 9.73 Å². The van der Waals surface area contributed by atoms with E-state index in [1.807, 2.05) is 13.1 Å². The van der Waals surface area contributed by atoms with Gasteiger partial charge in [-0.1, -0.05) is 0 Å². The number of fused-ring (bicyclic) bond motifs is 1. The van der Waals surface area contributed by atoms with Gasteiger partial charge in [0.2, 0.25) is 0 Å². The molecule has 0 spiro atoms. The number of pyridine rings is 1. The molecule has 0 aromatic carbocycles. The number of aromatic nitrogens is 1. The van der Waals surface area contributed by atoms with Crippen LogP contribution in [0.5, 0.6) is 0 Å².